The molecule has 1 rings (SSSR count). The summed E-state index contributed by atoms with van der Waals surface area (Å²) in [6.07, 6.45) is 0.779. The highest BCUT2D eigenvalue weighted by Crippen LogP contribution is 2.17. The van der Waals surface area contributed by atoms with Gasteiger partial charge in [0.05, 0.1) is 4.90 Å². The van der Waals surface area contributed by atoms with Crippen molar-refractivity contribution in [2.24, 2.45) is 0 Å². The molecule has 0 unspecified atom stereocenters. The van der Waals surface area contributed by atoms with Gasteiger partial charge >= 0.3 is 0 Å². The second kappa shape index (κ2) is 6.17. The molecular formula is C12H20N2O3S. The van der Waals surface area contributed by atoms with Crippen molar-refractivity contribution in [3.63, 3.8) is 0 Å². The van der Waals surface area contributed by atoms with E-state index in [1.54, 1.807) is 7.05 Å². The first-order valence-corrected chi connectivity index (χ1v) is 7.18. The van der Waals surface area contributed by atoms with E-state index >= 15 is 0 Å². The lowest BCUT2D eigenvalue weighted by Gasteiger charge is -2.18. The lowest BCUT2D eigenvalue weighted by atomic mass is 10.3. The molecule has 6 heteroatoms. The Kier molecular flexibility index (Phi) is 5.13. The van der Waals surface area contributed by atoms with Crippen LogP contribution in [0.5, 0.6) is 5.75 Å². The predicted octanol–water partition coefficient (Wildman–Crippen LogP) is 0.964. The van der Waals surface area contributed by atoms with Crippen LogP contribution >= 0.6 is 0 Å². The fourth-order valence-electron chi connectivity index (χ4n) is 1.53. The minimum atomic E-state index is -3.45. The topological polar surface area (TPSA) is 60.9 Å². The summed E-state index contributed by atoms with van der Waals surface area (Å²) in [6, 6.07) is 5.57. The lowest BCUT2D eigenvalue weighted by Crippen LogP contribution is -2.29. The number of hydrogen-bond donors (Lipinski definition) is 1. The Labute approximate surface area is 109 Å². The smallest absolute Gasteiger partial charge is 0.242 e. The Balaban J connectivity index is 2.71. The van der Waals surface area contributed by atoms with E-state index in [0.717, 1.165) is 13.0 Å². The standard InChI is InChI=1S/C12H20N2O3S/c1-13(2)9-4-10-14(3)18(16,17)12-7-5-11(15)6-8-12/h5-8,15H,4,9-10H2,1-3H3. The van der Waals surface area contributed by atoms with Crippen molar-refractivity contribution in [1.29, 1.82) is 0 Å². The summed E-state index contributed by atoms with van der Waals surface area (Å²) in [5, 5.41) is 9.15. The van der Waals surface area contributed by atoms with Crippen LogP contribution in [0.4, 0.5) is 0 Å². The van der Waals surface area contributed by atoms with Gasteiger partial charge in [-0.1, -0.05) is 0 Å². The van der Waals surface area contributed by atoms with Gasteiger partial charge in [0.2, 0.25) is 10.0 Å². The van der Waals surface area contributed by atoms with E-state index in [4.69, 9.17) is 5.11 Å². The number of hydrogen-bond acceptors (Lipinski definition) is 4. The number of nitrogens with zero attached hydrogens (tertiary/aromatic N) is 2. The van der Waals surface area contributed by atoms with Gasteiger partial charge in [-0.2, -0.15) is 0 Å². The average Bonchev–Trinajstić information content (AvgIpc) is 2.28. The first-order valence-electron chi connectivity index (χ1n) is 5.74. The SMILES string of the molecule is CN(C)CCCN(C)S(=O)(=O)c1ccc(O)cc1. The molecule has 0 bridgehead atoms. The van der Waals surface area contributed by atoms with Crippen LogP contribution in [0.25, 0.3) is 0 Å². The third kappa shape index (κ3) is 3.97. The van der Waals surface area contributed by atoms with Crippen LogP contribution in [0.2, 0.25) is 0 Å². The fourth-order valence-corrected chi connectivity index (χ4v) is 2.74. The second-order valence-corrected chi connectivity index (χ2v) is 6.52. The number of benzene rings is 1. The molecule has 0 fully saturated rings. The highest BCUT2D eigenvalue weighted by atomic mass is 32.2. The number of sulfonamides is 1. The molecule has 5 nitrogen and oxygen atoms in total. The first-order chi connectivity index (χ1) is 8.34. The van der Waals surface area contributed by atoms with E-state index in [1.807, 2.05) is 19.0 Å². The van der Waals surface area contributed by atoms with Crippen molar-refractivity contribution in [2.45, 2.75) is 11.3 Å². The number of phenolic OH excluding ortho intramolecular Hbond substituents is 1. The summed E-state index contributed by atoms with van der Waals surface area (Å²) in [6.45, 7) is 1.32. The summed E-state index contributed by atoms with van der Waals surface area (Å²) in [5.41, 5.74) is 0. The summed E-state index contributed by atoms with van der Waals surface area (Å²) < 4.78 is 25.6. The Morgan fingerprint density at radius 1 is 1.06 bits per heavy atom. The normalized spacial score (nSPS) is 12.3. The van der Waals surface area contributed by atoms with Crippen molar-refractivity contribution in [3.05, 3.63) is 24.3 Å². The summed E-state index contributed by atoms with van der Waals surface area (Å²) >= 11 is 0. The van der Waals surface area contributed by atoms with E-state index in [9.17, 15) is 8.42 Å². The summed E-state index contributed by atoms with van der Waals surface area (Å²) in [4.78, 5) is 2.22. The summed E-state index contributed by atoms with van der Waals surface area (Å²) in [7, 11) is 2.02. The molecule has 0 radical (unpaired) electrons. The number of aromatic hydroxyl groups is 1. The van der Waals surface area contributed by atoms with E-state index in [2.05, 4.69) is 0 Å². The Bertz CT molecular complexity index is 469. The molecule has 1 N–H and O–H groups in total. The van der Waals surface area contributed by atoms with Crippen molar-refractivity contribution >= 4 is 10.0 Å². The molecule has 0 aromatic heterocycles. The van der Waals surface area contributed by atoms with Crippen LogP contribution in [-0.2, 0) is 10.0 Å². The molecule has 0 spiro atoms. The van der Waals surface area contributed by atoms with Gasteiger partial charge in [-0.15, -0.1) is 0 Å². The van der Waals surface area contributed by atoms with Crippen LogP contribution in [-0.4, -0.2) is 57.0 Å². The second-order valence-electron chi connectivity index (χ2n) is 4.48. The van der Waals surface area contributed by atoms with Crippen LogP contribution in [0.3, 0.4) is 0 Å². The largest absolute Gasteiger partial charge is 0.508 e. The van der Waals surface area contributed by atoms with E-state index in [0.29, 0.717) is 6.54 Å². The Morgan fingerprint density at radius 2 is 1.61 bits per heavy atom. The minimum Gasteiger partial charge on any atom is -0.508 e. The van der Waals surface area contributed by atoms with Crippen molar-refractivity contribution in [3.8, 4) is 5.75 Å². The van der Waals surface area contributed by atoms with Gasteiger partial charge in [0, 0.05) is 13.6 Å². The Hall–Kier alpha value is -1.11. The molecule has 18 heavy (non-hydrogen) atoms. The average molecular weight is 272 g/mol. The molecule has 1 aromatic carbocycles. The van der Waals surface area contributed by atoms with Gasteiger partial charge in [0.25, 0.3) is 0 Å². The highest BCUT2D eigenvalue weighted by Gasteiger charge is 2.19. The highest BCUT2D eigenvalue weighted by molar-refractivity contribution is 7.89. The van der Waals surface area contributed by atoms with Gasteiger partial charge in [0.1, 0.15) is 5.75 Å². The molecule has 0 amide bonds. The van der Waals surface area contributed by atoms with E-state index < -0.39 is 10.0 Å². The molecule has 0 saturated carbocycles. The van der Waals surface area contributed by atoms with E-state index in [-0.39, 0.29) is 10.6 Å². The third-order valence-corrected chi connectivity index (χ3v) is 4.49. The number of phenols is 1. The first kappa shape index (κ1) is 14.9. The summed E-state index contributed by atoms with van der Waals surface area (Å²) in [5.74, 6) is 0.0595. The van der Waals surface area contributed by atoms with Gasteiger partial charge in [-0.05, 0) is 51.3 Å². The molecule has 1 aromatic rings. The van der Waals surface area contributed by atoms with Gasteiger partial charge in [-0.25, -0.2) is 12.7 Å². The fraction of sp³-hybridized carbons (Fsp3) is 0.500. The lowest BCUT2D eigenvalue weighted by molar-refractivity contribution is 0.370. The molecule has 0 saturated heterocycles. The monoisotopic (exact) mass is 272 g/mol. The van der Waals surface area contributed by atoms with Crippen molar-refractivity contribution in [1.82, 2.24) is 9.21 Å². The van der Waals surface area contributed by atoms with Gasteiger partial charge < -0.3 is 10.0 Å². The quantitative estimate of drug-likeness (QED) is 0.838. The molecule has 0 aliphatic rings. The molecular weight excluding hydrogens is 252 g/mol. The van der Waals surface area contributed by atoms with Crippen LogP contribution in [0.15, 0.2) is 29.2 Å². The maximum Gasteiger partial charge on any atom is 0.242 e. The maximum atomic E-state index is 12.1. The zero-order chi connectivity index (χ0) is 13.8. The van der Waals surface area contributed by atoms with Gasteiger partial charge in [-0.3, -0.25) is 0 Å². The zero-order valence-corrected chi connectivity index (χ0v) is 11.8. The Morgan fingerprint density at radius 3 is 2.11 bits per heavy atom. The maximum absolute atomic E-state index is 12.1. The minimum absolute atomic E-state index is 0.0595. The molecule has 102 valence electrons. The van der Waals surface area contributed by atoms with Crippen molar-refractivity contribution < 1.29 is 13.5 Å². The van der Waals surface area contributed by atoms with Crippen LogP contribution in [0.1, 0.15) is 6.42 Å². The van der Waals surface area contributed by atoms with Crippen LogP contribution < -0.4 is 0 Å². The number of rotatable bonds is 6. The predicted molar refractivity (Wildman–Crippen MR) is 71.1 cm³/mol. The third-order valence-electron chi connectivity index (χ3n) is 2.62. The zero-order valence-electron chi connectivity index (χ0n) is 11.0. The van der Waals surface area contributed by atoms with Gasteiger partial charge in [0.15, 0.2) is 0 Å². The van der Waals surface area contributed by atoms with Crippen LogP contribution in [0, 0.1) is 0 Å². The molecule has 0 aliphatic heterocycles. The van der Waals surface area contributed by atoms with E-state index in [1.165, 1.54) is 28.6 Å². The molecule has 0 aliphatic carbocycles. The molecule has 0 heterocycles. The van der Waals surface area contributed by atoms with Crippen molar-refractivity contribution in [2.75, 3.05) is 34.2 Å². The molecule has 0 atom stereocenters.